The maximum absolute atomic E-state index is 11.5. The van der Waals surface area contributed by atoms with Crippen LogP contribution in [0.25, 0.3) is 0 Å². The second-order valence-electron chi connectivity index (χ2n) is 4.10. The minimum absolute atomic E-state index is 0.135. The molecule has 1 atom stereocenters. The molecule has 1 aromatic rings. The third-order valence-electron chi connectivity index (χ3n) is 2.79. The summed E-state index contributed by atoms with van der Waals surface area (Å²) in [7, 11) is 0. The first-order valence-electron chi connectivity index (χ1n) is 5.81. The van der Waals surface area contributed by atoms with Crippen molar-refractivity contribution in [1.82, 2.24) is 20.1 Å². The summed E-state index contributed by atoms with van der Waals surface area (Å²) in [5.74, 6) is 1.68. The highest BCUT2D eigenvalue weighted by atomic mass is 16.1. The van der Waals surface area contributed by atoms with Gasteiger partial charge in [-0.3, -0.25) is 4.79 Å². The van der Waals surface area contributed by atoms with Crippen molar-refractivity contribution in [3.63, 3.8) is 0 Å². The van der Waals surface area contributed by atoms with Crippen LogP contribution in [-0.2, 0) is 17.8 Å². The summed E-state index contributed by atoms with van der Waals surface area (Å²) in [6.45, 7) is 3.21. The van der Waals surface area contributed by atoms with E-state index >= 15 is 0 Å². The fraction of sp³-hybridized carbons (Fsp3) is 0.545. The van der Waals surface area contributed by atoms with Crippen LogP contribution in [0.15, 0.2) is 12.2 Å². The molecule has 0 saturated heterocycles. The van der Waals surface area contributed by atoms with E-state index in [-0.39, 0.29) is 11.9 Å². The van der Waals surface area contributed by atoms with Crippen molar-refractivity contribution in [2.75, 3.05) is 6.54 Å². The summed E-state index contributed by atoms with van der Waals surface area (Å²) in [6, 6.07) is -0.135. The monoisotopic (exact) mass is 235 g/mol. The highest BCUT2D eigenvalue weighted by molar-refractivity contribution is 5.87. The van der Waals surface area contributed by atoms with Crippen molar-refractivity contribution in [1.29, 1.82) is 0 Å². The van der Waals surface area contributed by atoms with Gasteiger partial charge >= 0.3 is 0 Å². The molecule has 0 aromatic carbocycles. The Morgan fingerprint density at radius 2 is 2.47 bits per heavy atom. The first-order valence-corrected chi connectivity index (χ1v) is 5.81. The lowest BCUT2D eigenvalue weighted by Crippen LogP contribution is -2.27. The van der Waals surface area contributed by atoms with Crippen molar-refractivity contribution in [2.24, 2.45) is 5.73 Å². The van der Waals surface area contributed by atoms with Crippen LogP contribution in [0.2, 0.25) is 0 Å². The Morgan fingerprint density at radius 3 is 3.24 bits per heavy atom. The molecular weight excluding hydrogens is 218 g/mol. The summed E-state index contributed by atoms with van der Waals surface area (Å²) in [5.41, 5.74) is 5.28. The molecule has 2 rings (SSSR count). The van der Waals surface area contributed by atoms with E-state index < -0.39 is 0 Å². The summed E-state index contributed by atoms with van der Waals surface area (Å²) in [4.78, 5) is 11.5. The molecule has 0 saturated carbocycles. The standard InChI is InChI=1S/C11H17N5O/c1-8(13-10(17)5-2-6-12)11-15-14-9-4-3-7-16(9)11/h2,5,8H,3-4,6-7,12H2,1H3,(H,13,17)/b5-2+. The van der Waals surface area contributed by atoms with Gasteiger partial charge in [-0.05, 0) is 13.3 Å². The van der Waals surface area contributed by atoms with Crippen molar-refractivity contribution in [3.8, 4) is 0 Å². The quantitative estimate of drug-likeness (QED) is 0.714. The Labute approximate surface area is 99.9 Å². The molecular formula is C11H17N5O. The van der Waals surface area contributed by atoms with E-state index in [1.54, 1.807) is 6.08 Å². The molecule has 17 heavy (non-hydrogen) atoms. The molecule has 0 spiro atoms. The van der Waals surface area contributed by atoms with E-state index in [0.29, 0.717) is 6.54 Å². The average Bonchev–Trinajstić information content (AvgIpc) is 2.87. The molecule has 1 aliphatic heterocycles. The molecule has 1 aromatic heterocycles. The molecule has 1 amide bonds. The van der Waals surface area contributed by atoms with E-state index in [2.05, 4.69) is 20.1 Å². The van der Waals surface area contributed by atoms with Crippen LogP contribution in [-0.4, -0.2) is 27.2 Å². The fourth-order valence-electron chi connectivity index (χ4n) is 1.99. The first-order chi connectivity index (χ1) is 8.22. The van der Waals surface area contributed by atoms with Crippen LogP contribution in [0.5, 0.6) is 0 Å². The zero-order valence-electron chi connectivity index (χ0n) is 9.89. The van der Waals surface area contributed by atoms with Crippen LogP contribution in [0, 0.1) is 0 Å². The van der Waals surface area contributed by atoms with E-state index in [9.17, 15) is 4.79 Å². The number of aromatic nitrogens is 3. The second-order valence-corrected chi connectivity index (χ2v) is 4.10. The molecule has 6 heteroatoms. The van der Waals surface area contributed by atoms with Gasteiger partial charge in [0.2, 0.25) is 5.91 Å². The third-order valence-corrected chi connectivity index (χ3v) is 2.79. The van der Waals surface area contributed by atoms with Gasteiger partial charge in [-0.15, -0.1) is 10.2 Å². The van der Waals surface area contributed by atoms with E-state index in [4.69, 9.17) is 5.73 Å². The number of carbonyl (C=O) groups excluding carboxylic acids is 1. The van der Waals surface area contributed by atoms with Crippen molar-refractivity contribution < 1.29 is 4.79 Å². The molecule has 0 aliphatic carbocycles. The van der Waals surface area contributed by atoms with Gasteiger partial charge < -0.3 is 15.6 Å². The summed E-state index contributed by atoms with van der Waals surface area (Å²) in [5, 5.41) is 11.1. The lowest BCUT2D eigenvalue weighted by molar-refractivity contribution is -0.117. The normalized spacial score (nSPS) is 16.1. The predicted molar refractivity (Wildman–Crippen MR) is 63.1 cm³/mol. The highest BCUT2D eigenvalue weighted by Crippen LogP contribution is 2.18. The predicted octanol–water partition coefficient (Wildman–Crippen LogP) is -0.0836. The van der Waals surface area contributed by atoms with Gasteiger partial charge in [-0.25, -0.2) is 0 Å². The van der Waals surface area contributed by atoms with Gasteiger partial charge in [0.15, 0.2) is 5.82 Å². The average molecular weight is 235 g/mol. The van der Waals surface area contributed by atoms with Crippen LogP contribution < -0.4 is 11.1 Å². The number of nitrogens with one attached hydrogen (secondary N) is 1. The molecule has 2 heterocycles. The number of amides is 1. The smallest absolute Gasteiger partial charge is 0.244 e. The Morgan fingerprint density at radius 1 is 1.65 bits per heavy atom. The molecule has 0 radical (unpaired) electrons. The summed E-state index contributed by atoms with van der Waals surface area (Å²) >= 11 is 0. The first kappa shape index (κ1) is 11.8. The van der Waals surface area contributed by atoms with Gasteiger partial charge in [0.25, 0.3) is 0 Å². The molecule has 0 bridgehead atoms. The number of aryl methyl sites for hydroxylation is 1. The number of fused-ring (bicyclic) bond motifs is 1. The van der Waals surface area contributed by atoms with Gasteiger partial charge in [0.05, 0.1) is 6.04 Å². The number of hydrogen-bond donors (Lipinski definition) is 2. The lowest BCUT2D eigenvalue weighted by Gasteiger charge is -2.12. The van der Waals surface area contributed by atoms with Crippen LogP contribution in [0.4, 0.5) is 0 Å². The zero-order valence-corrected chi connectivity index (χ0v) is 9.89. The zero-order chi connectivity index (χ0) is 12.3. The second kappa shape index (κ2) is 5.09. The summed E-state index contributed by atoms with van der Waals surface area (Å²) < 4.78 is 2.08. The van der Waals surface area contributed by atoms with Crippen molar-refractivity contribution in [3.05, 3.63) is 23.8 Å². The minimum Gasteiger partial charge on any atom is -0.343 e. The number of nitrogens with two attached hydrogens (primary N) is 1. The Balaban J connectivity index is 2.02. The van der Waals surface area contributed by atoms with Crippen LogP contribution >= 0.6 is 0 Å². The Bertz CT molecular complexity index is 437. The van der Waals surface area contributed by atoms with Crippen molar-refractivity contribution >= 4 is 5.91 Å². The number of carbonyl (C=O) groups is 1. The molecule has 92 valence electrons. The van der Waals surface area contributed by atoms with E-state index in [1.165, 1.54) is 6.08 Å². The molecule has 6 nitrogen and oxygen atoms in total. The SMILES string of the molecule is CC(NC(=O)/C=C/CN)c1nnc2n1CCC2. The minimum atomic E-state index is -0.154. The maximum atomic E-state index is 11.5. The van der Waals surface area contributed by atoms with Gasteiger partial charge in [-0.2, -0.15) is 0 Å². The van der Waals surface area contributed by atoms with Crippen molar-refractivity contribution in [2.45, 2.75) is 32.4 Å². The summed E-state index contributed by atoms with van der Waals surface area (Å²) in [6.07, 6.45) is 5.14. The van der Waals surface area contributed by atoms with Gasteiger partial charge in [-0.1, -0.05) is 6.08 Å². The topological polar surface area (TPSA) is 85.8 Å². The molecule has 1 unspecified atom stereocenters. The number of rotatable bonds is 4. The Kier molecular flexibility index (Phi) is 3.53. The fourth-order valence-corrected chi connectivity index (χ4v) is 1.99. The Hall–Kier alpha value is -1.69. The van der Waals surface area contributed by atoms with E-state index in [1.807, 2.05) is 6.92 Å². The molecule has 1 aliphatic rings. The largest absolute Gasteiger partial charge is 0.343 e. The number of hydrogen-bond acceptors (Lipinski definition) is 4. The molecule has 0 fully saturated rings. The van der Waals surface area contributed by atoms with Crippen LogP contribution in [0.1, 0.15) is 31.0 Å². The van der Waals surface area contributed by atoms with Gasteiger partial charge in [0.1, 0.15) is 5.82 Å². The highest BCUT2D eigenvalue weighted by Gasteiger charge is 2.21. The van der Waals surface area contributed by atoms with Gasteiger partial charge in [0, 0.05) is 25.6 Å². The van der Waals surface area contributed by atoms with Crippen LogP contribution in [0.3, 0.4) is 0 Å². The van der Waals surface area contributed by atoms with E-state index in [0.717, 1.165) is 31.0 Å². The maximum Gasteiger partial charge on any atom is 0.244 e. The number of nitrogens with zero attached hydrogens (tertiary/aromatic N) is 3. The lowest BCUT2D eigenvalue weighted by atomic mass is 10.3. The third kappa shape index (κ3) is 2.52. The molecule has 3 N–H and O–H groups in total.